The number of nitrogens with one attached hydrogen (secondary N) is 1. The first-order chi connectivity index (χ1) is 11.0. The maximum Gasteiger partial charge on any atom is 0.322 e. The van der Waals surface area contributed by atoms with Crippen LogP contribution in [-0.4, -0.2) is 41.8 Å². The Morgan fingerprint density at radius 1 is 1.43 bits per heavy atom. The fourth-order valence-corrected chi connectivity index (χ4v) is 3.56. The van der Waals surface area contributed by atoms with Crippen LogP contribution in [-0.2, 0) is 11.3 Å². The van der Waals surface area contributed by atoms with E-state index in [1.54, 1.807) is 7.11 Å². The number of aliphatic hydroxyl groups is 1. The number of rotatable bonds is 6. The molecule has 5 heteroatoms. The standard InChI is InChI=1S/C18H28N2O3/c1-14(2)11-18(13-21)9-6-10-20(18)17(22)19-16-8-5-4-7-15(16)12-23-3/h4-5,7-8,14,21H,6,9-13H2,1-3H3,(H,19,22). The summed E-state index contributed by atoms with van der Waals surface area (Å²) in [4.78, 5) is 14.6. The van der Waals surface area contributed by atoms with E-state index < -0.39 is 5.54 Å². The Hall–Kier alpha value is -1.59. The van der Waals surface area contributed by atoms with Crippen molar-refractivity contribution in [2.45, 2.75) is 45.3 Å². The molecule has 1 fully saturated rings. The van der Waals surface area contributed by atoms with Crippen LogP contribution in [0.4, 0.5) is 10.5 Å². The van der Waals surface area contributed by atoms with Gasteiger partial charge in [0.05, 0.1) is 18.8 Å². The third-order valence-corrected chi connectivity index (χ3v) is 4.48. The van der Waals surface area contributed by atoms with E-state index in [4.69, 9.17) is 4.74 Å². The van der Waals surface area contributed by atoms with Gasteiger partial charge in [-0.2, -0.15) is 0 Å². The lowest BCUT2D eigenvalue weighted by Gasteiger charge is -2.38. The number of methoxy groups -OCH3 is 1. The number of nitrogens with zero attached hydrogens (tertiary/aromatic N) is 1. The van der Waals surface area contributed by atoms with E-state index in [-0.39, 0.29) is 12.6 Å². The zero-order valence-corrected chi connectivity index (χ0v) is 14.3. The number of aliphatic hydroxyl groups excluding tert-OH is 1. The highest BCUT2D eigenvalue weighted by Gasteiger charge is 2.43. The minimum absolute atomic E-state index is 0.0122. The van der Waals surface area contributed by atoms with Crippen molar-refractivity contribution in [3.8, 4) is 0 Å². The molecule has 0 spiro atoms. The predicted molar refractivity (Wildman–Crippen MR) is 91.4 cm³/mol. The quantitative estimate of drug-likeness (QED) is 0.846. The van der Waals surface area contributed by atoms with E-state index in [2.05, 4.69) is 19.2 Å². The highest BCUT2D eigenvalue weighted by Crippen LogP contribution is 2.35. The summed E-state index contributed by atoms with van der Waals surface area (Å²) >= 11 is 0. The third kappa shape index (κ3) is 4.03. The van der Waals surface area contributed by atoms with Crippen molar-refractivity contribution in [1.29, 1.82) is 0 Å². The number of hydrogen-bond donors (Lipinski definition) is 2. The summed E-state index contributed by atoms with van der Waals surface area (Å²) in [5, 5.41) is 12.9. The molecule has 1 saturated heterocycles. The number of carbonyl (C=O) groups is 1. The number of hydrogen-bond acceptors (Lipinski definition) is 3. The van der Waals surface area contributed by atoms with Crippen LogP contribution in [0.3, 0.4) is 0 Å². The summed E-state index contributed by atoms with van der Waals surface area (Å²) in [5.74, 6) is 0.427. The van der Waals surface area contributed by atoms with Gasteiger partial charge < -0.3 is 20.1 Å². The van der Waals surface area contributed by atoms with Gasteiger partial charge in [0, 0.05) is 24.9 Å². The molecule has 1 heterocycles. The van der Waals surface area contributed by atoms with Gasteiger partial charge in [-0.05, 0) is 31.2 Å². The fourth-order valence-electron chi connectivity index (χ4n) is 3.56. The van der Waals surface area contributed by atoms with Gasteiger partial charge in [0.15, 0.2) is 0 Å². The van der Waals surface area contributed by atoms with Gasteiger partial charge in [0.2, 0.25) is 0 Å². The number of amides is 2. The Morgan fingerprint density at radius 2 is 2.17 bits per heavy atom. The lowest BCUT2D eigenvalue weighted by molar-refractivity contribution is 0.0727. The van der Waals surface area contributed by atoms with Crippen molar-refractivity contribution < 1.29 is 14.6 Å². The summed E-state index contributed by atoms with van der Waals surface area (Å²) in [6, 6.07) is 7.51. The van der Waals surface area contributed by atoms with Crippen molar-refractivity contribution in [3.05, 3.63) is 29.8 Å². The largest absolute Gasteiger partial charge is 0.394 e. The first-order valence-electron chi connectivity index (χ1n) is 8.29. The minimum Gasteiger partial charge on any atom is -0.394 e. The molecule has 5 nitrogen and oxygen atoms in total. The molecule has 2 rings (SSSR count). The molecule has 1 unspecified atom stereocenters. The molecule has 2 N–H and O–H groups in total. The topological polar surface area (TPSA) is 61.8 Å². The summed E-state index contributed by atoms with van der Waals surface area (Å²) in [6.07, 6.45) is 2.60. The molecule has 1 aliphatic heterocycles. The molecule has 1 aromatic rings. The molecule has 0 aliphatic carbocycles. The predicted octanol–water partition coefficient (Wildman–Crippen LogP) is 3.24. The molecule has 1 aliphatic rings. The van der Waals surface area contributed by atoms with Crippen LogP contribution in [0.25, 0.3) is 0 Å². The number of ether oxygens (including phenoxy) is 1. The first-order valence-corrected chi connectivity index (χ1v) is 8.29. The van der Waals surface area contributed by atoms with Crippen molar-refractivity contribution in [2.24, 2.45) is 5.92 Å². The average Bonchev–Trinajstić information content (AvgIpc) is 2.93. The highest BCUT2D eigenvalue weighted by molar-refractivity contribution is 5.91. The number of carbonyl (C=O) groups excluding carboxylic acids is 1. The minimum atomic E-state index is -0.436. The first kappa shape index (κ1) is 17.8. The smallest absolute Gasteiger partial charge is 0.322 e. The van der Waals surface area contributed by atoms with Gasteiger partial charge in [-0.25, -0.2) is 4.79 Å². The molecule has 23 heavy (non-hydrogen) atoms. The van der Waals surface area contributed by atoms with Crippen LogP contribution in [0.15, 0.2) is 24.3 Å². The molecule has 2 amide bonds. The lowest BCUT2D eigenvalue weighted by Crippen LogP contribution is -2.52. The number of para-hydroxylation sites is 1. The summed E-state index contributed by atoms with van der Waals surface area (Å²) in [5.41, 5.74) is 1.28. The van der Waals surface area contributed by atoms with E-state index in [1.165, 1.54) is 0 Å². The van der Waals surface area contributed by atoms with Gasteiger partial charge in [-0.3, -0.25) is 0 Å². The SMILES string of the molecule is COCc1ccccc1NC(=O)N1CCCC1(CO)CC(C)C. The fraction of sp³-hybridized carbons (Fsp3) is 0.611. The van der Waals surface area contributed by atoms with E-state index in [0.717, 1.165) is 30.5 Å². The molecular formula is C18H28N2O3. The molecule has 0 aromatic heterocycles. The van der Waals surface area contributed by atoms with Gasteiger partial charge >= 0.3 is 6.03 Å². The number of likely N-dealkylation sites (tertiary alicyclic amines) is 1. The number of anilines is 1. The Labute approximate surface area is 138 Å². The summed E-state index contributed by atoms with van der Waals surface area (Å²) in [6.45, 7) is 5.40. The van der Waals surface area contributed by atoms with Crippen LogP contribution in [0.2, 0.25) is 0 Å². The molecule has 128 valence electrons. The zero-order chi connectivity index (χ0) is 16.9. The second kappa shape index (κ2) is 7.79. The molecule has 1 atom stereocenters. The van der Waals surface area contributed by atoms with E-state index >= 15 is 0 Å². The normalized spacial score (nSPS) is 21.0. The Morgan fingerprint density at radius 3 is 2.83 bits per heavy atom. The van der Waals surface area contributed by atoms with E-state index in [0.29, 0.717) is 19.1 Å². The lowest BCUT2D eigenvalue weighted by atomic mass is 9.87. The second-order valence-corrected chi connectivity index (χ2v) is 6.76. The van der Waals surface area contributed by atoms with Gasteiger partial charge in [0.1, 0.15) is 0 Å². The van der Waals surface area contributed by atoms with Crippen LogP contribution in [0, 0.1) is 5.92 Å². The molecular weight excluding hydrogens is 292 g/mol. The number of benzene rings is 1. The van der Waals surface area contributed by atoms with Gasteiger partial charge in [-0.15, -0.1) is 0 Å². The maximum atomic E-state index is 12.8. The van der Waals surface area contributed by atoms with Crippen LogP contribution < -0.4 is 5.32 Å². The highest BCUT2D eigenvalue weighted by atomic mass is 16.5. The average molecular weight is 320 g/mol. The van der Waals surface area contributed by atoms with Crippen molar-refractivity contribution in [2.75, 3.05) is 25.6 Å². The molecule has 1 aromatic carbocycles. The van der Waals surface area contributed by atoms with Crippen LogP contribution in [0.1, 0.15) is 38.7 Å². The van der Waals surface area contributed by atoms with Crippen LogP contribution >= 0.6 is 0 Å². The van der Waals surface area contributed by atoms with Crippen molar-refractivity contribution in [1.82, 2.24) is 4.90 Å². The zero-order valence-electron chi connectivity index (χ0n) is 14.3. The monoisotopic (exact) mass is 320 g/mol. The summed E-state index contributed by atoms with van der Waals surface area (Å²) in [7, 11) is 1.64. The van der Waals surface area contributed by atoms with E-state index in [1.807, 2.05) is 29.2 Å². The van der Waals surface area contributed by atoms with E-state index in [9.17, 15) is 9.90 Å². The summed E-state index contributed by atoms with van der Waals surface area (Å²) < 4.78 is 5.19. The molecule has 0 bridgehead atoms. The Kier molecular flexibility index (Phi) is 6.02. The maximum absolute atomic E-state index is 12.8. The third-order valence-electron chi connectivity index (χ3n) is 4.48. The molecule has 0 saturated carbocycles. The van der Waals surface area contributed by atoms with Crippen molar-refractivity contribution >= 4 is 11.7 Å². The molecule has 0 radical (unpaired) electrons. The van der Waals surface area contributed by atoms with Gasteiger partial charge in [0.25, 0.3) is 0 Å². The van der Waals surface area contributed by atoms with Crippen LogP contribution in [0.5, 0.6) is 0 Å². The Balaban J connectivity index is 2.16. The van der Waals surface area contributed by atoms with Crippen molar-refractivity contribution in [3.63, 3.8) is 0 Å². The van der Waals surface area contributed by atoms with Gasteiger partial charge in [-0.1, -0.05) is 32.0 Å². The number of urea groups is 1. The Bertz CT molecular complexity index is 533. The second-order valence-electron chi connectivity index (χ2n) is 6.76.